The van der Waals surface area contributed by atoms with Gasteiger partial charge in [-0.1, -0.05) is 41.1 Å². The zero-order valence-corrected chi connectivity index (χ0v) is 18.2. The van der Waals surface area contributed by atoms with Crippen molar-refractivity contribution in [2.24, 2.45) is 0 Å². The van der Waals surface area contributed by atoms with Gasteiger partial charge in [-0.3, -0.25) is 4.90 Å². The van der Waals surface area contributed by atoms with E-state index in [0.29, 0.717) is 6.10 Å². The molecule has 0 aliphatic carbocycles. The minimum atomic E-state index is 0.345. The molecular weight excluding hydrogens is 402 g/mol. The molecular formula is C23H30BrNO2. The average molecular weight is 432 g/mol. The van der Waals surface area contributed by atoms with Crippen LogP contribution in [-0.2, 0) is 24.2 Å². The first-order valence-corrected chi connectivity index (χ1v) is 10.6. The lowest BCUT2D eigenvalue weighted by Gasteiger charge is -2.27. The van der Waals surface area contributed by atoms with Crippen molar-refractivity contribution in [1.82, 2.24) is 4.90 Å². The molecule has 3 nitrogen and oxygen atoms in total. The normalized spacial score (nSPS) is 16.9. The van der Waals surface area contributed by atoms with E-state index >= 15 is 0 Å². The zero-order valence-electron chi connectivity index (χ0n) is 16.6. The molecule has 3 rings (SSSR count). The summed E-state index contributed by atoms with van der Waals surface area (Å²) in [6.45, 7) is 8.04. The number of halogens is 1. The molecule has 1 heterocycles. The highest BCUT2D eigenvalue weighted by Crippen LogP contribution is 2.25. The highest BCUT2D eigenvalue weighted by molar-refractivity contribution is 9.10. The van der Waals surface area contributed by atoms with Gasteiger partial charge in [-0.15, -0.1) is 0 Å². The van der Waals surface area contributed by atoms with E-state index in [9.17, 15) is 0 Å². The van der Waals surface area contributed by atoms with Gasteiger partial charge >= 0.3 is 0 Å². The Kier molecular flexibility index (Phi) is 7.33. The third kappa shape index (κ3) is 5.56. The number of benzene rings is 2. The van der Waals surface area contributed by atoms with Crippen molar-refractivity contribution in [1.29, 1.82) is 0 Å². The summed E-state index contributed by atoms with van der Waals surface area (Å²) in [6.07, 6.45) is 3.69. The summed E-state index contributed by atoms with van der Waals surface area (Å²) in [5, 5.41) is 0. The molecule has 0 spiro atoms. The van der Waals surface area contributed by atoms with Gasteiger partial charge in [-0.2, -0.15) is 0 Å². The van der Waals surface area contributed by atoms with Gasteiger partial charge in [0.25, 0.3) is 0 Å². The molecule has 27 heavy (non-hydrogen) atoms. The van der Waals surface area contributed by atoms with Gasteiger partial charge in [0, 0.05) is 30.7 Å². The zero-order chi connectivity index (χ0) is 19.2. The summed E-state index contributed by atoms with van der Waals surface area (Å²) < 4.78 is 12.5. The number of rotatable bonds is 8. The van der Waals surface area contributed by atoms with E-state index in [1.54, 1.807) is 7.11 Å². The Morgan fingerprint density at radius 2 is 1.89 bits per heavy atom. The topological polar surface area (TPSA) is 21.7 Å². The molecule has 0 saturated carbocycles. The van der Waals surface area contributed by atoms with E-state index in [2.05, 4.69) is 71.1 Å². The Hall–Kier alpha value is -1.36. The van der Waals surface area contributed by atoms with E-state index in [1.807, 2.05) is 0 Å². The predicted molar refractivity (Wildman–Crippen MR) is 114 cm³/mol. The Morgan fingerprint density at radius 1 is 1.11 bits per heavy atom. The summed E-state index contributed by atoms with van der Waals surface area (Å²) >= 11 is 3.75. The van der Waals surface area contributed by atoms with Crippen LogP contribution in [0.5, 0.6) is 5.75 Å². The maximum atomic E-state index is 5.93. The molecule has 1 saturated heterocycles. The minimum absolute atomic E-state index is 0.345. The van der Waals surface area contributed by atoms with Crippen molar-refractivity contribution in [2.75, 3.05) is 20.3 Å². The first-order valence-electron chi connectivity index (χ1n) is 9.83. The van der Waals surface area contributed by atoms with Crippen LogP contribution in [0.4, 0.5) is 0 Å². The van der Waals surface area contributed by atoms with E-state index < -0.39 is 0 Å². The second kappa shape index (κ2) is 9.72. The number of hydrogen-bond acceptors (Lipinski definition) is 3. The second-order valence-corrected chi connectivity index (χ2v) is 8.24. The van der Waals surface area contributed by atoms with Crippen molar-refractivity contribution in [2.45, 2.75) is 52.3 Å². The third-order valence-electron chi connectivity index (χ3n) is 5.28. The smallest absolute Gasteiger partial charge is 0.119 e. The van der Waals surface area contributed by atoms with Crippen molar-refractivity contribution < 1.29 is 9.47 Å². The number of nitrogens with zero attached hydrogens (tertiary/aromatic N) is 1. The molecule has 1 fully saturated rings. The molecule has 0 radical (unpaired) electrons. The van der Waals surface area contributed by atoms with Gasteiger partial charge in [0.1, 0.15) is 5.75 Å². The van der Waals surface area contributed by atoms with Crippen LogP contribution in [0.1, 0.15) is 42.0 Å². The average Bonchev–Trinajstić information content (AvgIpc) is 3.17. The van der Waals surface area contributed by atoms with E-state index in [4.69, 9.17) is 9.47 Å². The number of methoxy groups -OCH3 is 1. The first kappa shape index (κ1) is 20.4. The molecule has 0 amide bonds. The Balaban J connectivity index is 1.81. The van der Waals surface area contributed by atoms with Crippen LogP contribution in [0.3, 0.4) is 0 Å². The summed E-state index contributed by atoms with van der Waals surface area (Å²) in [5.41, 5.74) is 5.33. The number of hydrogen-bond donors (Lipinski definition) is 0. The van der Waals surface area contributed by atoms with Gasteiger partial charge in [0.05, 0.1) is 13.2 Å². The van der Waals surface area contributed by atoms with Gasteiger partial charge < -0.3 is 9.47 Å². The van der Waals surface area contributed by atoms with Gasteiger partial charge in [0.2, 0.25) is 0 Å². The van der Waals surface area contributed by atoms with Crippen LogP contribution in [0.15, 0.2) is 40.9 Å². The minimum Gasteiger partial charge on any atom is -0.497 e. The van der Waals surface area contributed by atoms with Crippen LogP contribution in [0.25, 0.3) is 0 Å². The second-order valence-electron chi connectivity index (χ2n) is 7.39. The van der Waals surface area contributed by atoms with Crippen LogP contribution in [0, 0.1) is 6.92 Å². The Labute approximate surface area is 171 Å². The number of ether oxygens (including phenoxy) is 2. The quantitative estimate of drug-likeness (QED) is 0.549. The van der Waals surface area contributed by atoms with Gasteiger partial charge in [-0.05, 0) is 66.6 Å². The molecule has 0 bridgehead atoms. The van der Waals surface area contributed by atoms with E-state index in [-0.39, 0.29) is 0 Å². The molecule has 2 aromatic rings. The molecule has 1 atom stereocenters. The fourth-order valence-corrected chi connectivity index (χ4v) is 4.35. The standard InChI is InChI=1S/C23H30BrNO2/c1-4-18-13-21(26-3)10-9-19(18)14-25(16-22-6-5-11-27-22)15-20-8-7-17(2)12-23(20)24/h7-10,12-13,22H,4-6,11,14-16H2,1-3H3. The molecule has 0 aromatic heterocycles. The van der Waals surface area contributed by atoms with Crippen molar-refractivity contribution in [3.63, 3.8) is 0 Å². The predicted octanol–water partition coefficient (Wildman–Crippen LogP) is 5.51. The lowest BCUT2D eigenvalue weighted by Crippen LogP contribution is -2.32. The lowest BCUT2D eigenvalue weighted by molar-refractivity contribution is 0.0677. The molecule has 1 aliphatic heterocycles. The third-order valence-corrected chi connectivity index (χ3v) is 6.01. The molecule has 4 heteroatoms. The largest absolute Gasteiger partial charge is 0.497 e. The number of aryl methyl sites for hydroxylation is 2. The molecule has 2 aromatic carbocycles. The summed E-state index contributed by atoms with van der Waals surface area (Å²) in [6, 6.07) is 13.1. The molecule has 0 N–H and O–H groups in total. The Bertz CT molecular complexity index is 756. The monoisotopic (exact) mass is 431 g/mol. The van der Waals surface area contributed by atoms with E-state index in [0.717, 1.165) is 44.8 Å². The fourth-order valence-electron chi connectivity index (χ4n) is 3.74. The van der Waals surface area contributed by atoms with Crippen LogP contribution in [0.2, 0.25) is 0 Å². The molecule has 146 valence electrons. The van der Waals surface area contributed by atoms with Gasteiger partial charge in [-0.25, -0.2) is 0 Å². The highest BCUT2D eigenvalue weighted by Gasteiger charge is 2.21. The van der Waals surface area contributed by atoms with Crippen molar-refractivity contribution in [3.05, 3.63) is 63.1 Å². The van der Waals surface area contributed by atoms with Crippen LogP contribution >= 0.6 is 15.9 Å². The van der Waals surface area contributed by atoms with Crippen molar-refractivity contribution >= 4 is 15.9 Å². The Morgan fingerprint density at radius 3 is 2.56 bits per heavy atom. The maximum Gasteiger partial charge on any atom is 0.119 e. The molecule has 1 unspecified atom stereocenters. The highest BCUT2D eigenvalue weighted by atomic mass is 79.9. The van der Waals surface area contributed by atoms with Crippen LogP contribution < -0.4 is 4.74 Å². The molecule has 1 aliphatic rings. The summed E-state index contributed by atoms with van der Waals surface area (Å²) in [4.78, 5) is 2.52. The first-order chi connectivity index (χ1) is 13.1. The maximum absolute atomic E-state index is 5.93. The SMILES string of the molecule is CCc1cc(OC)ccc1CN(Cc1ccc(C)cc1Br)CC1CCCO1. The van der Waals surface area contributed by atoms with Crippen molar-refractivity contribution in [3.8, 4) is 5.75 Å². The lowest BCUT2D eigenvalue weighted by atomic mass is 10.0. The summed E-state index contributed by atoms with van der Waals surface area (Å²) in [5.74, 6) is 0.933. The van der Waals surface area contributed by atoms with Crippen LogP contribution in [-0.4, -0.2) is 31.3 Å². The fraction of sp³-hybridized carbons (Fsp3) is 0.478. The van der Waals surface area contributed by atoms with Gasteiger partial charge in [0.15, 0.2) is 0 Å². The van der Waals surface area contributed by atoms with E-state index in [1.165, 1.54) is 33.1 Å². The summed E-state index contributed by atoms with van der Waals surface area (Å²) in [7, 11) is 1.73.